The molecule has 4 nitrogen and oxygen atoms in total. The van der Waals surface area contributed by atoms with Crippen molar-refractivity contribution in [3.05, 3.63) is 28.2 Å². The third-order valence-corrected chi connectivity index (χ3v) is 4.15. The predicted octanol–water partition coefficient (Wildman–Crippen LogP) is 2.43. The molecule has 102 valence electrons. The van der Waals surface area contributed by atoms with Gasteiger partial charge in [-0.15, -0.1) is 0 Å². The molecule has 2 N–H and O–H groups in total. The molecule has 7 heteroatoms. The summed E-state index contributed by atoms with van der Waals surface area (Å²) in [6, 6.07) is 4.18. The van der Waals surface area contributed by atoms with Crippen molar-refractivity contribution < 1.29 is 13.5 Å². The molecule has 0 unspecified atom stereocenters. The van der Waals surface area contributed by atoms with E-state index in [0.717, 1.165) is 6.42 Å². The highest BCUT2D eigenvalue weighted by Gasteiger charge is 2.14. The lowest BCUT2D eigenvalue weighted by Gasteiger charge is -2.07. The van der Waals surface area contributed by atoms with Gasteiger partial charge < -0.3 is 5.11 Å². The van der Waals surface area contributed by atoms with E-state index in [1.54, 1.807) is 0 Å². The number of aliphatic hydroxyl groups is 1. The molecular formula is C11H15Cl2NO3S. The van der Waals surface area contributed by atoms with Crippen LogP contribution in [0.2, 0.25) is 10.0 Å². The van der Waals surface area contributed by atoms with E-state index in [9.17, 15) is 8.42 Å². The molecule has 0 bridgehead atoms. The minimum atomic E-state index is -3.57. The van der Waals surface area contributed by atoms with E-state index in [0.29, 0.717) is 19.4 Å². The van der Waals surface area contributed by atoms with Crippen molar-refractivity contribution in [2.24, 2.45) is 0 Å². The fourth-order valence-corrected chi connectivity index (χ4v) is 3.19. The summed E-state index contributed by atoms with van der Waals surface area (Å²) < 4.78 is 26.2. The van der Waals surface area contributed by atoms with Crippen LogP contribution in [0.15, 0.2) is 23.1 Å². The highest BCUT2D eigenvalue weighted by atomic mass is 35.5. The number of hydrogen-bond acceptors (Lipinski definition) is 3. The summed E-state index contributed by atoms with van der Waals surface area (Å²) in [6.45, 7) is 0.448. The van der Waals surface area contributed by atoms with Crippen molar-refractivity contribution in [2.75, 3.05) is 13.2 Å². The summed E-state index contributed by atoms with van der Waals surface area (Å²) in [5, 5.41) is 9.16. The van der Waals surface area contributed by atoms with Crippen molar-refractivity contribution in [1.29, 1.82) is 0 Å². The molecule has 0 atom stereocenters. The SMILES string of the molecule is O=S(=O)(NCCCCCO)c1cc(Cl)cc(Cl)c1. The zero-order chi connectivity index (χ0) is 13.6. The standard InChI is InChI=1S/C11H15Cl2NO3S/c12-9-6-10(13)8-11(7-9)18(16,17)14-4-2-1-3-5-15/h6-8,14-15H,1-5H2. The molecular weight excluding hydrogens is 297 g/mol. The average Bonchev–Trinajstić information content (AvgIpc) is 2.27. The molecule has 0 aliphatic carbocycles. The molecule has 0 saturated carbocycles. The van der Waals surface area contributed by atoms with Gasteiger partial charge in [-0.1, -0.05) is 23.2 Å². The Kier molecular flexibility index (Phi) is 6.38. The van der Waals surface area contributed by atoms with E-state index in [1.807, 2.05) is 0 Å². The maximum Gasteiger partial charge on any atom is 0.240 e. The second kappa shape index (κ2) is 7.31. The Morgan fingerprint density at radius 1 is 1.06 bits per heavy atom. The Balaban J connectivity index is 2.63. The van der Waals surface area contributed by atoms with E-state index in [2.05, 4.69) is 4.72 Å². The van der Waals surface area contributed by atoms with Crippen molar-refractivity contribution in [2.45, 2.75) is 24.2 Å². The van der Waals surface area contributed by atoms with Gasteiger partial charge >= 0.3 is 0 Å². The summed E-state index contributed by atoms with van der Waals surface area (Å²) in [5.74, 6) is 0. The lowest BCUT2D eigenvalue weighted by atomic mass is 10.2. The van der Waals surface area contributed by atoms with Crippen LogP contribution in [0.1, 0.15) is 19.3 Å². The number of aliphatic hydroxyl groups excluding tert-OH is 1. The smallest absolute Gasteiger partial charge is 0.240 e. The predicted molar refractivity (Wildman–Crippen MR) is 72.6 cm³/mol. The van der Waals surface area contributed by atoms with Gasteiger partial charge in [-0.25, -0.2) is 13.1 Å². The van der Waals surface area contributed by atoms with Gasteiger partial charge in [-0.2, -0.15) is 0 Å². The zero-order valence-electron chi connectivity index (χ0n) is 9.70. The van der Waals surface area contributed by atoms with Gasteiger partial charge in [0.25, 0.3) is 0 Å². The molecule has 0 aliphatic rings. The fraction of sp³-hybridized carbons (Fsp3) is 0.455. The van der Waals surface area contributed by atoms with Gasteiger partial charge in [-0.3, -0.25) is 0 Å². The number of halogens is 2. The Labute approximate surface area is 117 Å². The second-order valence-electron chi connectivity index (χ2n) is 3.79. The highest BCUT2D eigenvalue weighted by Crippen LogP contribution is 2.22. The summed E-state index contributed by atoms with van der Waals surface area (Å²) in [4.78, 5) is 0.0576. The molecule has 1 aromatic carbocycles. The molecule has 1 aromatic rings. The Morgan fingerprint density at radius 2 is 1.67 bits per heavy atom. The second-order valence-corrected chi connectivity index (χ2v) is 6.43. The normalized spacial score (nSPS) is 11.7. The molecule has 0 fully saturated rings. The molecule has 0 radical (unpaired) electrons. The van der Waals surface area contributed by atoms with E-state index in [-0.39, 0.29) is 21.5 Å². The largest absolute Gasteiger partial charge is 0.396 e. The maximum atomic E-state index is 11.9. The van der Waals surface area contributed by atoms with Crippen LogP contribution in [0.5, 0.6) is 0 Å². The first-order valence-electron chi connectivity index (χ1n) is 5.52. The number of sulfonamides is 1. The fourth-order valence-electron chi connectivity index (χ4n) is 1.39. The van der Waals surface area contributed by atoms with Crippen LogP contribution < -0.4 is 4.72 Å². The minimum Gasteiger partial charge on any atom is -0.396 e. The van der Waals surface area contributed by atoms with Crippen molar-refractivity contribution >= 4 is 33.2 Å². The molecule has 0 aromatic heterocycles. The number of benzene rings is 1. The minimum absolute atomic E-state index is 0.0576. The molecule has 1 rings (SSSR count). The number of nitrogens with one attached hydrogen (secondary N) is 1. The summed E-state index contributed by atoms with van der Waals surface area (Å²) >= 11 is 11.5. The first-order valence-corrected chi connectivity index (χ1v) is 7.76. The quantitative estimate of drug-likeness (QED) is 0.760. The van der Waals surface area contributed by atoms with Crippen LogP contribution in [0.4, 0.5) is 0 Å². The third-order valence-electron chi connectivity index (χ3n) is 2.27. The lowest BCUT2D eigenvalue weighted by Crippen LogP contribution is -2.24. The third kappa shape index (κ3) is 5.12. The van der Waals surface area contributed by atoms with Crippen LogP contribution in [-0.4, -0.2) is 26.7 Å². The monoisotopic (exact) mass is 311 g/mol. The first kappa shape index (κ1) is 15.7. The summed E-state index contributed by atoms with van der Waals surface area (Å²) in [6.07, 6.45) is 2.12. The zero-order valence-corrected chi connectivity index (χ0v) is 12.0. The van der Waals surface area contributed by atoms with E-state index in [4.69, 9.17) is 28.3 Å². The van der Waals surface area contributed by atoms with Gasteiger partial charge in [0, 0.05) is 23.2 Å². The van der Waals surface area contributed by atoms with E-state index >= 15 is 0 Å². The van der Waals surface area contributed by atoms with Crippen LogP contribution >= 0.6 is 23.2 Å². The Morgan fingerprint density at radius 3 is 2.22 bits per heavy atom. The van der Waals surface area contributed by atoms with Gasteiger partial charge in [-0.05, 0) is 37.5 Å². The van der Waals surface area contributed by atoms with Crippen molar-refractivity contribution in [3.63, 3.8) is 0 Å². The number of rotatable bonds is 7. The van der Waals surface area contributed by atoms with Crippen LogP contribution in [0.25, 0.3) is 0 Å². The molecule has 0 heterocycles. The van der Waals surface area contributed by atoms with Crippen molar-refractivity contribution in [3.8, 4) is 0 Å². The van der Waals surface area contributed by atoms with Gasteiger partial charge in [0.2, 0.25) is 10.0 Å². The topological polar surface area (TPSA) is 66.4 Å². The number of hydrogen-bond donors (Lipinski definition) is 2. The van der Waals surface area contributed by atoms with Crippen LogP contribution in [0.3, 0.4) is 0 Å². The first-order chi connectivity index (χ1) is 8.45. The van der Waals surface area contributed by atoms with E-state index in [1.165, 1.54) is 18.2 Å². The highest BCUT2D eigenvalue weighted by molar-refractivity contribution is 7.89. The molecule has 18 heavy (non-hydrogen) atoms. The van der Waals surface area contributed by atoms with E-state index < -0.39 is 10.0 Å². The molecule has 0 aliphatic heterocycles. The molecule has 0 spiro atoms. The molecule has 0 saturated heterocycles. The van der Waals surface area contributed by atoms with Crippen LogP contribution in [0, 0.1) is 0 Å². The van der Waals surface area contributed by atoms with Crippen LogP contribution in [-0.2, 0) is 10.0 Å². The summed E-state index contributed by atoms with van der Waals surface area (Å²) in [5.41, 5.74) is 0. The van der Waals surface area contributed by atoms with Gasteiger partial charge in [0.1, 0.15) is 0 Å². The van der Waals surface area contributed by atoms with Gasteiger partial charge in [0.05, 0.1) is 4.90 Å². The summed E-state index contributed by atoms with van der Waals surface area (Å²) in [7, 11) is -3.57. The maximum absolute atomic E-state index is 11.9. The average molecular weight is 312 g/mol. The van der Waals surface area contributed by atoms with Gasteiger partial charge in [0.15, 0.2) is 0 Å². The number of unbranched alkanes of at least 4 members (excludes halogenated alkanes) is 2. The Hall–Kier alpha value is -0.330. The van der Waals surface area contributed by atoms with Crippen molar-refractivity contribution in [1.82, 2.24) is 4.72 Å². The molecule has 0 amide bonds. The Bertz CT molecular complexity index is 471. The lowest BCUT2D eigenvalue weighted by molar-refractivity contribution is 0.283.